The van der Waals surface area contributed by atoms with E-state index in [0.717, 1.165) is 43.4 Å². The molecule has 7 heteroatoms. The molecule has 2 amide bonds. The van der Waals surface area contributed by atoms with Crippen molar-refractivity contribution in [1.82, 2.24) is 9.80 Å². The van der Waals surface area contributed by atoms with Crippen LogP contribution in [0.4, 0.5) is 0 Å². The van der Waals surface area contributed by atoms with Crippen LogP contribution >= 0.6 is 0 Å². The van der Waals surface area contributed by atoms with E-state index in [2.05, 4.69) is 13.0 Å². The molecule has 4 rings (SSSR count). The maximum atomic E-state index is 14.1. The number of benzene rings is 2. The average molecular weight is 509 g/mol. The zero-order valence-electron chi connectivity index (χ0n) is 22.2. The third kappa shape index (κ3) is 6.70. The van der Waals surface area contributed by atoms with Crippen molar-refractivity contribution in [2.45, 2.75) is 57.7 Å². The van der Waals surface area contributed by atoms with Crippen molar-refractivity contribution < 1.29 is 23.8 Å². The van der Waals surface area contributed by atoms with Crippen LogP contribution in [0.3, 0.4) is 0 Å². The summed E-state index contributed by atoms with van der Waals surface area (Å²) in [7, 11) is 1.64. The molecule has 1 unspecified atom stereocenters. The number of morpholine rings is 1. The van der Waals surface area contributed by atoms with Crippen LogP contribution in [0.1, 0.15) is 60.5 Å². The fraction of sp³-hybridized carbons (Fsp3) is 0.533. The number of fused-ring (bicyclic) bond motifs is 1. The van der Waals surface area contributed by atoms with Crippen LogP contribution in [0.5, 0.6) is 5.75 Å². The minimum Gasteiger partial charge on any atom is -0.491 e. The van der Waals surface area contributed by atoms with Gasteiger partial charge in [-0.2, -0.15) is 0 Å². The number of carbonyl (C=O) groups is 2. The molecule has 0 saturated carbocycles. The fourth-order valence-electron chi connectivity index (χ4n) is 5.28. The Kier molecular flexibility index (Phi) is 9.58. The number of carbonyl (C=O) groups excluding carboxylic acids is 2. The summed E-state index contributed by atoms with van der Waals surface area (Å²) in [4.78, 5) is 31.4. The van der Waals surface area contributed by atoms with Crippen molar-refractivity contribution in [3.8, 4) is 5.75 Å². The lowest BCUT2D eigenvalue weighted by atomic mass is 9.90. The van der Waals surface area contributed by atoms with Gasteiger partial charge < -0.3 is 24.0 Å². The number of para-hydroxylation sites is 1. The highest BCUT2D eigenvalue weighted by molar-refractivity contribution is 5.95. The Balaban J connectivity index is 1.57. The third-order valence-electron chi connectivity index (χ3n) is 7.28. The van der Waals surface area contributed by atoms with Crippen LogP contribution in [-0.4, -0.2) is 73.7 Å². The van der Waals surface area contributed by atoms with Crippen LogP contribution < -0.4 is 4.74 Å². The number of unbranched alkanes of at least 4 members (excludes halogenated alkanes) is 1. The third-order valence-corrected chi connectivity index (χ3v) is 7.28. The van der Waals surface area contributed by atoms with Gasteiger partial charge in [0.25, 0.3) is 11.8 Å². The largest absolute Gasteiger partial charge is 0.491 e. The Morgan fingerprint density at radius 1 is 1.08 bits per heavy atom. The van der Waals surface area contributed by atoms with E-state index >= 15 is 0 Å². The van der Waals surface area contributed by atoms with Gasteiger partial charge in [-0.25, -0.2) is 0 Å². The molecule has 0 radical (unpaired) electrons. The second-order valence-electron chi connectivity index (χ2n) is 10.0. The molecule has 1 atom stereocenters. The number of rotatable bonds is 6. The topological polar surface area (TPSA) is 68.3 Å². The molecule has 1 fully saturated rings. The lowest BCUT2D eigenvalue weighted by molar-refractivity contribution is -0.170. The van der Waals surface area contributed by atoms with Gasteiger partial charge in [-0.1, -0.05) is 43.7 Å². The lowest BCUT2D eigenvalue weighted by Gasteiger charge is -2.44. The van der Waals surface area contributed by atoms with Gasteiger partial charge in [-0.3, -0.25) is 9.59 Å². The number of aryl methyl sites for hydroxylation is 1. The molecule has 2 heterocycles. The van der Waals surface area contributed by atoms with Crippen molar-refractivity contribution in [2.24, 2.45) is 0 Å². The summed E-state index contributed by atoms with van der Waals surface area (Å²) >= 11 is 0. The maximum absolute atomic E-state index is 14.1. The van der Waals surface area contributed by atoms with Gasteiger partial charge in [0, 0.05) is 25.8 Å². The number of hydrogen-bond acceptors (Lipinski definition) is 5. The zero-order valence-corrected chi connectivity index (χ0v) is 22.2. The van der Waals surface area contributed by atoms with Crippen LogP contribution in [0.25, 0.3) is 0 Å². The lowest BCUT2D eigenvalue weighted by Crippen LogP contribution is -2.62. The predicted octanol–water partition coefficient (Wildman–Crippen LogP) is 4.48. The molecule has 0 aliphatic carbocycles. The van der Waals surface area contributed by atoms with Gasteiger partial charge in [0.2, 0.25) is 0 Å². The van der Waals surface area contributed by atoms with Gasteiger partial charge in [0.15, 0.2) is 5.60 Å². The Morgan fingerprint density at radius 2 is 1.95 bits per heavy atom. The first-order chi connectivity index (χ1) is 18.1. The average Bonchev–Trinajstić information content (AvgIpc) is 2.93. The molecule has 2 aromatic carbocycles. The molecule has 1 saturated heterocycles. The first-order valence-corrected chi connectivity index (χ1v) is 13.6. The highest BCUT2D eigenvalue weighted by atomic mass is 16.5. The molecule has 7 nitrogen and oxygen atoms in total. The predicted molar refractivity (Wildman–Crippen MR) is 143 cm³/mol. The Labute approximate surface area is 220 Å². The van der Waals surface area contributed by atoms with E-state index in [1.807, 2.05) is 47.4 Å². The quantitative estimate of drug-likeness (QED) is 0.576. The first kappa shape index (κ1) is 27.1. The summed E-state index contributed by atoms with van der Waals surface area (Å²) < 4.78 is 17.7. The van der Waals surface area contributed by atoms with Gasteiger partial charge in [0.1, 0.15) is 12.4 Å². The summed E-state index contributed by atoms with van der Waals surface area (Å²) in [6, 6.07) is 15.7. The molecule has 1 spiro atoms. The Hall–Kier alpha value is -2.90. The normalized spacial score (nSPS) is 21.1. The van der Waals surface area contributed by atoms with E-state index < -0.39 is 5.60 Å². The molecule has 2 aromatic rings. The van der Waals surface area contributed by atoms with Crippen LogP contribution in [-0.2, 0) is 27.3 Å². The van der Waals surface area contributed by atoms with Crippen LogP contribution in [0, 0.1) is 0 Å². The Bertz CT molecular complexity index is 1060. The molecule has 2 aliphatic rings. The molecular formula is C30H40N2O5. The number of methoxy groups -OCH3 is 1. The highest BCUT2D eigenvalue weighted by Gasteiger charge is 2.46. The Morgan fingerprint density at radius 3 is 2.78 bits per heavy atom. The summed E-state index contributed by atoms with van der Waals surface area (Å²) in [5.74, 6) is 0.808. The highest BCUT2D eigenvalue weighted by Crippen LogP contribution is 2.30. The fourth-order valence-corrected chi connectivity index (χ4v) is 5.28. The molecule has 200 valence electrons. The van der Waals surface area contributed by atoms with Crippen molar-refractivity contribution in [3.05, 3.63) is 65.2 Å². The summed E-state index contributed by atoms with van der Waals surface area (Å²) in [5.41, 5.74) is 1.72. The van der Waals surface area contributed by atoms with E-state index in [-0.39, 0.29) is 18.4 Å². The standard InChI is InChI=1S/C30H40N2O5/c1-3-4-16-31-17-19-36-27-14-6-5-11-25(27)12-7-8-15-30(29(31)34)23-32(18-20-37-30)28(33)26-13-9-10-24(21-26)22-35-2/h5-6,9-11,13-14,21H,3-4,7-8,12,15-20,22-23H2,1-2H3. The second-order valence-corrected chi connectivity index (χ2v) is 10.0. The van der Waals surface area contributed by atoms with Crippen LogP contribution in [0.15, 0.2) is 48.5 Å². The minimum atomic E-state index is -1.04. The maximum Gasteiger partial charge on any atom is 0.256 e. The first-order valence-electron chi connectivity index (χ1n) is 13.6. The van der Waals surface area contributed by atoms with Crippen molar-refractivity contribution in [1.29, 1.82) is 0 Å². The van der Waals surface area contributed by atoms with E-state index in [0.29, 0.717) is 51.4 Å². The van der Waals surface area contributed by atoms with Gasteiger partial charge in [-0.15, -0.1) is 0 Å². The van der Waals surface area contributed by atoms with Gasteiger partial charge in [0.05, 0.1) is 26.3 Å². The zero-order chi connectivity index (χ0) is 26.1. The molecule has 37 heavy (non-hydrogen) atoms. The summed E-state index contributed by atoms with van der Waals surface area (Å²) in [5, 5.41) is 0. The molecule has 0 bridgehead atoms. The molecule has 2 aliphatic heterocycles. The smallest absolute Gasteiger partial charge is 0.256 e. The molecular weight excluding hydrogens is 468 g/mol. The monoisotopic (exact) mass is 508 g/mol. The minimum absolute atomic E-state index is 0.0240. The van der Waals surface area contributed by atoms with Crippen molar-refractivity contribution in [3.63, 3.8) is 0 Å². The SMILES string of the molecule is CCCCN1CCOc2ccccc2CCCCC2(CN(C(=O)c3cccc(COC)c3)CCO2)C1=O. The number of ether oxygens (including phenoxy) is 3. The van der Waals surface area contributed by atoms with Crippen molar-refractivity contribution >= 4 is 11.8 Å². The van der Waals surface area contributed by atoms with Crippen molar-refractivity contribution in [2.75, 3.05) is 46.5 Å². The summed E-state index contributed by atoms with van der Waals surface area (Å²) in [6.45, 7) is 5.22. The summed E-state index contributed by atoms with van der Waals surface area (Å²) in [6.07, 6.45) is 5.12. The van der Waals surface area contributed by atoms with E-state index in [9.17, 15) is 9.59 Å². The van der Waals surface area contributed by atoms with Gasteiger partial charge in [-0.05, 0) is 61.4 Å². The van der Waals surface area contributed by atoms with E-state index in [1.54, 1.807) is 12.0 Å². The molecule has 0 N–H and O–H groups in total. The number of amides is 2. The number of nitrogens with zero attached hydrogens (tertiary/aromatic N) is 2. The second kappa shape index (κ2) is 13.1. The van der Waals surface area contributed by atoms with Crippen LogP contribution in [0.2, 0.25) is 0 Å². The van der Waals surface area contributed by atoms with E-state index in [1.165, 1.54) is 5.56 Å². The molecule has 0 aromatic heterocycles. The number of hydrogen-bond donors (Lipinski definition) is 0. The van der Waals surface area contributed by atoms with E-state index in [4.69, 9.17) is 14.2 Å². The van der Waals surface area contributed by atoms with Gasteiger partial charge >= 0.3 is 0 Å².